The van der Waals surface area contributed by atoms with Crippen molar-refractivity contribution >= 4 is 0 Å². The molecule has 0 saturated carbocycles. The summed E-state index contributed by atoms with van der Waals surface area (Å²) in [5, 5.41) is 0. The Morgan fingerprint density at radius 2 is 1.54 bits per heavy atom. The van der Waals surface area contributed by atoms with Crippen molar-refractivity contribution in [3.8, 4) is 11.5 Å². The smallest absolute Gasteiger partial charge is 0.161 e. The second-order valence-electron chi connectivity index (χ2n) is 7.72. The highest BCUT2D eigenvalue weighted by Crippen LogP contribution is 2.51. The standard InChI is InChI=1S/C25H25NO2/c1-27-23-14-19-12-13-26-17-20-10-6-7-11-21(20)25(26,22(19)15-24(23)28-2)16-18-8-4-3-5-9-18/h3-11,14-15H,12-13,16-17H2,1-2H3/t25-/m0/s1. The summed E-state index contributed by atoms with van der Waals surface area (Å²) in [6.07, 6.45) is 1.98. The van der Waals surface area contributed by atoms with E-state index in [9.17, 15) is 0 Å². The number of fused-ring (bicyclic) bond motifs is 5. The molecule has 2 aliphatic rings. The number of hydrogen-bond acceptors (Lipinski definition) is 3. The molecule has 3 heteroatoms. The zero-order valence-corrected chi connectivity index (χ0v) is 16.4. The van der Waals surface area contributed by atoms with Crippen molar-refractivity contribution in [3.63, 3.8) is 0 Å². The highest BCUT2D eigenvalue weighted by Gasteiger charge is 2.49. The van der Waals surface area contributed by atoms with Crippen molar-refractivity contribution in [2.75, 3.05) is 20.8 Å². The van der Waals surface area contributed by atoms with E-state index in [0.29, 0.717) is 0 Å². The minimum atomic E-state index is -0.162. The lowest BCUT2D eigenvalue weighted by molar-refractivity contribution is 0.126. The van der Waals surface area contributed by atoms with Gasteiger partial charge in [0.1, 0.15) is 0 Å². The van der Waals surface area contributed by atoms with Gasteiger partial charge in [0.15, 0.2) is 11.5 Å². The summed E-state index contributed by atoms with van der Waals surface area (Å²) in [6, 6.07) is 24.1. The molecule has 3 nitrogen and oxygen atoms in total. The molecule has 0 N–H and O–H groups in total. The lowest BCUT2D eigenvalue weighted by atomic mass is 9.73. The number of benzene rings is 3. The van der Waals surface area contributed by atoms with Gasteiger partial charge in [-0.25, -0.2) is 0 Å². The maximum absolute atomic E-state index is 5.69. The van der Waals surface area contributed by atoms with Crippen LogP contribution in [-0.4, -0.2) is 25.7 Å². The molecule has 2 heterocycles. The largest absolute Gasteiger partial charge is 0.493 e. The summed E-state index contributed by atoms with van der Waals surface area (Å²) in [5.41, 5.74) is 6.76. The first kappa shape index (κ1) is 17.3. The van der Waals surface area contributed by atoms with Crippen molar-refractivity contribution < 1.29 is 9.47 Å². The fourth-order valence-corrected chi connectivity index (χ4v) is 5.12. The van der Waals surface area contributed by atoms with Crippen LogP contribution < -0.4 is 9.47 Å². The number of rotatable bonds is 4. The third-order valence-corrected chi connectivity index (χ3v) is 6.37. The number of ether oxygens (including phenoxy) is 2. The molecule has 0 fully saturated rings. The quantitative estimate of drug-likeness (QED) is 0.671. The van der Waals surface area contributed by atoms with Crippen LogP contribution in [0.15, 0.2) is 66.7 Å². The molecule has 3 aromatic carbocycles. The first-order chi connectivity index (χ1) is 13.8. The summed E-state index contributed by atoms with van der Waals surface area (Å²) >= 11 is 0. The molecule has 2 aliphatic heterocycles. The first-order valence-corrected chi connectivity index (χ1v) is 9.89. The predicted molar refractivity (Wildman–Crippen MR) is 111 cm³/mol. The Morgan fingerprint density at radius 3 is 2.32 bits per heavy atom. The van der Waals surface area contributed by atoms with Crippen molar-refractivity contribution in [2.24, 2.45) is 0 Å². The normalized spacial score (nSPS) is 20.2. The molecule has 3 aromatic rings. The van der Waals surface area contributed by atoms with Gasteiger partial charge in [-0.05, 0) is 52.8 Å². The van der Waals surface area contributed by atoms with Gasteiger partial charge in [-0.3, -0.25) is 4.90 Å². The number of methoxy groups -OCH3 is 2. The topological polar surface area (TPSA) is 21.7 Å². The van der Waals surface area contributed by atoms with Crippen LogP contribution in [0.25, 0.3) is 0 Å². The van der Waals surface area contributed by atoms with Gasteiger partial charge >= 0.3 is 0 Å². The number of nitrogens with zero attached hydrogens (tertiary/aromatic N) is 1. The molecular weight excluding hydrogens is 346 g/mol. The fourth-order valence-electron chi connectivity index (χ4n) is 5.12. The SMILES string of the molecule is COc1cc2c(cc1OC)[C@]1(Cc3ccccc3)c3ccccc3CN1CC2. The third kappa shape index (κ3) is 2.46. The maximum atomic E-state index is 5.69. The van der Waals surface area contributed by atoms with Gasteiger partial charge in [-0.1, -0.05) is 54.6 Å². The third-order valence-electron chi connectivity index (χ3n) is 6.37. The molecule has 0 saturated heterocycles. The molecule has 0 aromatic heterocycles. The van der Waals surface area contributed by atoms with Crippen LogP contribution >= 0.6 is 0 Å². The Kier molecular flexibility index (Phi) is 4.13. The second-order valence-corrected chi connectivity index (χ2v) is 7.72. The Balaban J connectivity index is 1.77. The Morgan fingerprint density at radius 1 is 0.821 bits per heavy atom. The highest BCUT2D eigenvalue weighted by molar-refractivity contribution is 5.58. The van der Waals surface area contributed by atoms with Crippen LogP contribution in [-0.2, 0) is 24.9 Å². The molecule has 28 heavy (non-hydrogen) atoms. The van der Waals surface area contributed by atoms with E-state index in [-0.39, 0.29) is 5.54 Å². The number of hydrogen-bond donors (Lipinski definition) is 0. The lowest BCUT2D eigenvalue weighted by Gasteiger charge is -2.45. The molecule has 0 spiro atoms. The summed E-state index contributed by atoms with van der Waals surface area (Å²) in [4.78, 5) is 2.65. The second kappa shape index (κ2) is 6.68. The maximum Gasteiger partial charge on any atom is 0.161 e. The zero-order valence-electron chi connectivity index (χ0n) is 16.4. The Bertz CT molecular complexity index is 1010. The molecule has 0 aliphatic carbocycles. The van der Waals surface area contributed by atoms with Crippen molar-refractivity contribution in [1.29, 1.82) is 0 Å². The van der Waals surface area contributed by atoms with Crippen LogP contribution in [0.2, 0.25) is 0 Å². The zero-order chi connectivity index (χ0) is 19.1. The van der Waals surface area contributed by atoms with Crippen molar-refractivity contribution in [3.05, 3.63) is 94.5 Å². The van der Waals surface area contributed by atoms with Gasteiger partial charge in [0.2, 0.25) is 0 Å². The van der Waals surface area contributed by atoms with Crippen molar-refractivity contribution in [1.82, 2.24) is 4.90 Å². The van der Waals surface area contributed by atoms with E-state index in [4.69, 9.17) is 9.47 Å². The molecule has 0 amide bonds. The van der Waals surface area contributed by atoms with E-state index in [1.807, 2.05) is 0 Å². The van der Waals surface area contributed by atoms with Crippen molar-refractivity contribution in [2.45, 2.75) is 24.9 Å². The van der Waals surface area contributed by atoms with E-state index in [1.165, 1.54) is 27.8 Å². The van der Waals surface area contributed by atoms with Gasteiger partial charge in [0.25, 0.3) is 0 Å². The minimum Gasteiger partial charge on any atom is -0.493 e. The minimum absolute atomic E-state index is 0.162. The molecule has 0 bridgehead atoms. The Labute approximate surface area is 166 Å². The molecule has 5 rings (SSSR count). The molecule has 0 unspecified atom stereocenters. The average Bonchev–Trinajstić information content (AvgIpc) is 3.08. The summed E-state index contributed by atoms with van der Waals surface area (Å²) in [5.74, 6) is 1.62. The van der Waals surface area contributed by atoms with Gasteiger partial charge in [-0.15, -0.1) is 0 Å². The summed E-state index contributed by atoms with van der Waals surface area (Å²) < 4.78 is 11.3. The van der Waals surface area contributed by atoms with E-state index in [0.717, 1.165) is 37.4 Å². The lowest BCUT2D eigenvalue weighted by Crippen LogP contribution is -2.48. The molecule has 1 atom stereocenters. The summed E-state index contributed by atoms with van der Waals surface area (Å²) in [7, 11) is 3.43. The van der Waals surface area contributed by atoms with Crippen LogP contribution in [0.1, 0.15) is 27.8 Å². The van der Waals surface area contributed by atoms with Crippen LogP contribution in [0.5, 0.6) is 11.5 Å². The monoisotopic (exact) mass is 371 g/mol. The van der Waals surface area contributed by atoms with E-state index in [1.54, 1.807) is 14.2 Å². The van der Waals surface area contributed by atoms with Gasteiger partial charge < -0.3 is 9.47 Å². The van der Waals surface area contributed by atoms with Crippen LogP contribution in [0.4, 0.5) is 0 Å². The first-order valence-electron chi connectivity index (χ1n) is 9.89. The molecule has 142 valence electrons. The van der Waals surface area contributed by atoms with Crippen LogP contribution in [0, 0.1) is 0 Å². The van der Waals surface area contributed by atoms with E-state index >= 15 is 0 Å². The molecule has 0 radical (unpaired) electrons. The van der Waals surface area contributed by atoms with E-state index in [2.05, 4.69) is 71.6 Å². The van der Waals surface area contributed by atoms with E-state index < -0.39 is 0 Å². The van der Waals surface area contributed by atoms with Crippen LogP contribution in [0.3, 0.4) is 0 Å². The van der Waals surface area contributed by atoms with Gasteiger partial charge in [0, 0.05) is 13.1 Å². The predicted octanol–water partition coefficient (Wildman–Crippen LogP) is 4.56. The average molecular weight is 371 g/mol. The fraction of sp³-hybridized carbons (Fsp3) is 0.280. The molecular formula is C25H25NO2. The Hall–Kier alpha value is -2.78. The van der Waals surface area contributed by atoms with Gasteiger partial charge in [-0.2, -0.15) is 0 Å². The van der Waals surface area contributed by atoms with Gasteiger partial charge in [0.05, 0.1) is 19.8 Å². The highest BCUT2D eigenvalue weighted by atomic mass is 16.5. The summed E-state index contributed by atoms with van der Waals surface area (Å²) in [6.45, 7) is 2.04.